The predicted octanol–water partition coefficient (Wildman–Crippen LogP) is 4.82. The minimum atomic E-state index is -0.965. The highest BCUT2D eigenvalue weighted by Gasteiger charge is 2.28. The van der Waals surface area contributed by atoms with Gasteiger partial charge in [0.1, 0.15) is 5.00 Å². The largest absolute Gasteiger partial charge is 0.465 e. The van der Waals surface area contributed by atoms with Crippen molar-refractivity contribution in [3.05, 3.63) is 89.3 Å². The highest BCUT2D eigenvalue weighted by molar-refractivity contribution is 7.19. The Hall–Kier alpha value is -4.36. The molecule has 12 nitrogen and oxygen atoms in total. The first-order valence-corrected chi connectivity index (χ1v) is 10.7. The number of rotatable bonds is 7. The number of carbonyl (C=O) groups excluding carboxylic acids is 3. The third-order valence-electron chi connectivity index (χ3n) is 4.66. The number of hydrogen-bond donors (Lipinski definition) is 2. The highest BCUT2D eigenvalue weighted by Crippen LogP contribution is 2.35. The Bertz CT molecular complexity index is 1340. The van der Waals surface area contributed by atoms with Crippen molar-refractivity contribution < 1.29 is 29.0 Å². The van der Waals surface area contributed by atoms with Gasteiger partial charge in [-0.15, -0.1) is 11.3 Å². The molecule has 14 heteroatoms. The van der Waals surface area contributed by atoms with Crippen LogP contribution >= 0.6 is 22.9 Å². The number of esters is 1. The summed E-state index contributed by atoms with van der Waals surface area (Å²) in [6, 6.07) is 8.71. The first kappa shape index (κ1) is 25.3. The van der Waals surface area contributed by atoms with Crippen molar-refractivity contribution in [2.45, 2.75) is 6.92 Å². The fourth-order valence-corrected chi connectivity index (χ4v) is 4.21. The van der Waals surface area contributed by atoms with E-state index in [2.05, 4.69) is 10.6 Å². The molecule has 0 saturated carbocycles. The molecule has 1 aromatic heterocycles. The number of nitrogens with zero attached hydrogens (tertiary/aromatic N) is 2. The molecule has 3 rings (SSSR count). The van der Waals surface area contributed by atoms with E-state index >= 15 is 0 Å². The molecule has 0 fully saturated rings. The molecule has 0 aliphatic carbocycles. The van der Waals surface area contributed by atoms with Crippen molar-refractivity contribution in [3.63, 3.8) is 0 Å². The number of halogens is 1. The third-order valence-corrected chi connectivity index (χ3v) is 6.12. The zero-order valence-electron chi connectivity index (χ0n) is 18.0. The summed E-state index contributed by atoms with van der Waals surface area (Å²) >= 11 is 6.61. The molecule has 0 aliphatic rings. The van der Waals surface area contributed by atoms with Crippen molar-refractivity contribution in [2.75, 3.05) is 17.7 Å². The van der Waals surface area contributed by atoms with Gasteiger partial charge in [-0.25, -0.2) is 4.79 Å². The van der Waals surface area contributed by atoms with Crippen LogP contribution in [0.1, 0.15) is 36.0 Å². The molecule has 0 unspecified atom stereocenters. The summed E-state index contributed by atoms with van der Waals surface area (Å²) < 4.78 is 4.76. The Morgan fingerprint density at radius 2 is 1.51 bits per heavy atom. The fraction of sp³-hybridized carbons (Fsp3) is 0.0952. The quantitative estimate of drug-likeness (QED) is 0.254. The lowest BCUT2D eigenvalue weighted by atomic mass is 10.1. The number of carbonyl (C=O) groups is 3. The molecule has 180 valence electrons. The summed E-state index contributed by atoms with van der Waals surface area (Å²) in [5.74, 6) is -2.39. The third kappa shape index (κ3) is 5.59. The second-order valence-electron chi connectivity index (χ2n) is 6.92. The average Bonchev–Trinajstić information content (AvgIpc) is 3.15. The number of hydrogen-bond acceptors (Lipinski definition) is 9. The first-order valence-electron chi connectivity index (χ1n) is 9.55. The number of benzene rings is 2. The number of ether oxygens (including phenoxy) is 1. The van der Waals surface area contributed by atoms with Crippen LogP contribution in [0, 0.1) is 27.2 Å². The number of amides is 2. The zero-order valence-corrected chi connectivity index (χ0v) is 19.6. The molecule has 0 aliphatic heterocycles. The Labute approximate surface area is 205 Å². The molecular weight excluding hydrogens is 504 g/mol. The van der Waals surface area contributed by atoms with Crippen LogP contribution in [0.25, 0.3) is 0 Å². The molecule has 0 radical (unpaired) electrons. The molecule has 0 bridgehead atoms. The molecular formula is C21H15ClN4O8S. The maximum Gasteiger partial charge on any atom is 0.341 e. The van der Waals surface area contributed by atoms with Gasteiger partial charge in [0.15, 0.2) is 0 Å². The second kappa shape index (κ2) is 10.3. The minimum absolute atomic E-state index is 0.0743. The summed E-state index contributed by atoms with van der Waals surface area (Å²) in [5.41, 5.74) is -1.17. The number of methoxy groups -OCH3 is 1. The Morgan fingerprint density at radius 3 is 2.03 bits per heavy atom. The number of nitro benzene ring substituents is 2. The zero-order chi connectivity index (χ0) is 25.9. The van der Waals surface area contributed by atoms with Gasteiger partial charge in [-0.1, -0.05) is 11.6 Å². The summed E-state index contributed by atoms with van der Waals surface area (Å²) in [7, 11) is 1.11. The van der Waals surface area contributed by atoms with E-state index in [0.717, 1.165) is 30.6 Å². The van der Waals surface area contributed by atoms with Crippen molar-refractivity contribution in [1.29, 1.82) is 0 Å². The Balaban J connectivity index is 1.98. The van der Waals surface area contributed by atoms with Crippen LogP contribution < -0.4 is 10.6 Å². The number of thiophene rings is 1. The molecule has 0 saturated heterocycles. The highest BCUT2D eigenvalue weighted by atomic mass is 35.5. The molecule has 35 heavy (non-hydrogen) atoms. The number of anilines is 2. The standard InChI is InChI=1S/C21H15ClN4O8S/c1-10-16(21(29)34-2)20(35-17(10)19(28)23-13-5-3-12(22)4-6-13)24-18(27)11-7-14(25(30)31)9-15(8-11)26(32)33/h3-9H,1-2H3,(H,23,28)(H,24,27). The minimum Gasteiger partial charge on any atom is -0.465 e. The van der Waals surface area contributed by atoms with Gasteiger partial charge < -0.3 is 15.4 Å². The van der Waals surface area contributed by atoms with Crippen molar-refractivity contribution in [2.24, 2.45) is 0 Å². The summed E-state index contributed by atoms with van der Waals surface area (Å²) in [6.45, 7) is 1.48. The Morgan fingerprint density at radius 1 is 0.943 bits per heavy atom. The molecule has 1 heterocycles. The normalized spacial score (nSPS) is 10.4. The first-order chi connectivity index (χ1) is 16.5. The average molecular weight is 519 g/mol. The van der Waals surface area contributed by atoms with Crippen molar-refractivity contribution in [3.8, 4) is 0 Å². The van der Waals surface area contributed by atoms with E-state index in [0.29, 0.717) is 16.8 Å². The van der Waals surface area contributed by atoms with E-state index in [-0.39, 0.29) is 26.6 Å². The van der Waals surface area contributed by atoms with Crippen molar-refractivity contribution in [1.82, 2.24) is 0 Å². The van der Waals surface area contributed by atoms with Gasteiger partial charge >= 0.3 is 5.97 Å². The monoisotopic (exact) mass is 518 g/mol. The van der Waals surface area contributed by atoms with Crippen LogP contribution in [0.4, 0.5) is 22.1 Å². The van der Waals surface area contributed by atoms with Crippen LogP contribution in [0.5, 0.6) is 0 Å². The van der Waals surface area contributed by atoms with Crippen LogP contribution in [-0.4, -0.2) is 34.7 Å². The lowest BCUT2D eigenvalue weighted by Crippen LogP contribution is -2.15. The van der Waals surface area contributed by atoms with Gasteiger partial charge in [-0.2, -0.15) is 0 Å². The molecule has 2 amide bonds. The molecule has 0 spiro atoms. The van der Waals surface area contributed by atoms with E-state index in [1.807, 2.05) is 0 Å². The van der Waals surface area contributed by atoms with Gasteiger partial charge in [0.2, 0.25) is 0 Å². The molecule has 3 aromatic rings. The Kier molecular flexibility index (Phi) is 7.42. The molecule has 0 atom stereocenters. The van der Waals surface area contributed by atoms with E-state index in [9.17, 15) is 34.6 Å². The van der Waals surface area contributed by atoms with Gasteiger partial charge in [0.25, 0.3) is 23.2 Å². The van der Waals surface area contributed by atoms with Crippen LogP contribution in [-0.2, 0) is 4.74 Å². The van der Waals surface area contributed by atoms with Gasteiger partial charge in [0.05, 0.1) is 39.0 Å². The number of nitro groups is 2. The summed E-state index contributed by atoms with van der Waals surface area (Å²) in [4.78, 5) is 58.6. The predicted molar refractivity (Wildman–Crippen MR) is 128 cm³/mol. The lowest BCUT2D eigenvalue weighted by Gasteiger charge is -2.06. The fourth-order valence-electron chi connectivity index (χ4n) is 3.00. The van der Waals surface area contributed by atoms with E-state index < -0.39 is 39.0 Å². The number of non-ortho nitro benzene ring substituents is 2. The van der Waals surface area contributed by atoms with Crippen LogP contribution in [0.3, 0.4) is 0 Å². The van der Waals surface area contributed by atoms with E-state index in [1.165, 1.54) is 6.92 Å². The number of nitrogens with one attached hydrogen (secondary N) is 2. The summed E-state index contributed by atoms with van der Waals surface area (Å²) in [6.07, 6.45) is 0. The van der Waals surface area contributed by atoms with Crippen LogP contribution in [0.15, 0.2) is 42.5 Å². The van der Waals surface area contributed by atoms with Crippen molar-refractivity contribution >= 4 is 62.8 Å². The van der Waals surface area contributed by atoms with Gasteiger partial charge in [-0.3, -0.25) is 29.8 Å². The molecule has 2 N–H and O–H groups in total. The maximum absolute atomic E-state index is 12.8. The second-order valence-corrected chi connectivity index (χ2v) is 8.38. The lowest BCUT2D eigenvalue weighted by molar-refractivity contribution is -0.394. The van der Waals surface area contributed by atoms with E-state index in [4.69, 9.17) is 16.3 Å². The topological polar surface area (TPSA) is 171 Å². The smallest absolute Gasteiger partial charge is 0.341 e. The SMILES string of the molecule is COC(=O)c1c(NC(=O)c2cc([N+](=O)[O-])cc([N+](=O)[O-])c2)sc(C(=O)Nc2ccc(Cl)cc2)c1C. The summed E-state index contributed by atoms with van der Waals surface area (Å²) in [5, 5.41) is 27.7. The van der Waals surface area contributed by atoms with E-state index in [1.54, 1.807) is 24.3 Å². The molecule has 2 aromatic carbocycles. The van der Waals surface area contributed by atoms with Crippen LogP contribution in [0.2, 0.25) is 5.02 Å². The van der Waals surface area contributed by atoms with Gasteiger partial charge in [0, 0.05) is 22.8 Å². The maximum atomic E-state index is 12.8. The van der Waals surface area contributed by atoms with Gasteiger partial charge in [-0.05, 0) is 36.8 Å².